The summed E-state index contributed by atoms with van der Waals surface area (Å²) in [4.78, 5) is 18.0. The van der Waals surface area contributed by atoms with Crippen molar-refractivity contribution in [2.45, 2.75) is 26.2 Å². The molecular weight excluding hydrogens is 226 g/mol. The summed E-state index contributed by atoms with van der Waals surface area (Å²) in [5.41, 5.74) is 1.02. The molecule has 4 nitrogen and oxygen atoms in total. The van der Waals surface area contributed by atoms with Gasteiger partial charge in [-0.2, -0.15) is 0 Å². The Labute approximate surface area is 108 Å². The van der Waals surface area contributed by atoms with Crippen molar-refractivity contribution in [3.63, 3.8) is 0 Å². The highest BCUT2D eigenvalue weighted by Gasteiger charge is 2.19. The molecule has 0 aromatic carbocycles. The second-order valence-corrected chi connectivity index (χ2v) is 4.97. The van der Waals surface area contributed by atoms with Crippen molar-refractivity contribution in [1.29, 1.82) is 0 Å². The van der Waals surface area contributed by atoms with Crippen LogP contribution in [0.3, 0.4) is 0 Å². The van der Waals surface area contributed by atoms with Crippen LogP contribution in [0.5, 0.6) is 0 Å². The quantitative estimate of drug-likeness (QED) is 0.888. The standard InChI is InChI=1S/C14H21N3O/c1-12-6-10-17(11-7-12)14(18)16-9-5-13-4-2-3-8-15-13/h2-4,8,12H,5-7,9-11H2,1H3,(H,16,18). The molecule has 2 rings (SSSR count). The number of urea groups is 1. The Kier molecular flexibility index (Phi) is 4.56. The van der Waals surface area contributed by atoms with Crippen LogP contribution in [0.1, 0.15) is 25.5 Å². The van der Waals surface area contributed by atoms with Crippen molar-refractivity contribution in [2.24, 2.45) is 5.92 Å². The number of likely N-dealkylation sites (tertiary alicyclic amines) is 1. The monoisotopic (exact) mass is 247 g/mol. The number of hydrogen-bond acceptors (Lipinski definition) is 2. The molecule has 1 fully saturated rings. The lowest BCUT2D eigenvalue weighted by Gasteiger charge is -2.30. The van der Waals surface area contributed by atoms with E-state index in [9.17, 15) is 4.79 Å². The summed E-state index contributed by atoms with van der Waals surface area (Å²) in [6.07, 6.45) is 4.81. The fourth-order valence-electron chi connectivity index (χ4n) is 2.17. The molecule has 1 aliphatic heterocycles. The van der Waals surface area contributed by atoms with E-state index < -0.39 is 0 Å². The summed E-state index contributed by atoms with van der Waals surface area (Å²) >= 11 is 0. The summed E-state index contributed by atoms with van der Waals surface area (Å²) in [6, 6.07) is 5.92. The lowest BCUT2D eigenvalue weighted by molar-refractivity contribution is 0.174. The molecule has 1 aromatic heterocycles. The maximum absolute atomic E-state index is 11.9. The summed E-state index contributed by atoms with van der Waals surface area (Å²) in [7, 11) is 0. The summed E-state index contributed by atoms with van der Waals surface area (Å²) in [6.45, 7) is 4.67. The Morgan fingerprint density at radius 2 is 2.22 bits per heavy atom. The zero-order valence-electron chi connectivity index (χ0n) is 10.9. The van der Waals surface area contributed by atoms with Gasteiger partial charge in [0.25, 0.3) is 0 Å². The van der Waals surface area contributed by atoms with Crippen molar-refractivity contribution in [2.75, 3.05) is 19.6 Å². The smallest absolute Gasteiger partial charge is 0.317 e. The molecule has 0 saturated carbocycles. The fraction of sp³-hybridized carbons (Fsp3) is 0.571. The maximum atomic E-state index is 11.9. The SMILES string of the molecule is CC1CCN(C(=O)NCCc2ccccn2)CC1. The van der Waals surface area contributed by atoms with Crippen LogP contribution in [0.25, 0.3) is 0 Å². The van der Waals surface area contributed by atoms with Gasteiger partial charge in [0.1, 0.15) is 0 Å². The van der Waals surface area contributed by atoms with Gasteiger partial charge in [0.2, 0.25) is 0 Å². The van der Waals surface area contributed by atoms with E-state index in [-0.39, 0.29) is 6.03 Å². The van der Waals surface area contributed by atoms with Crippen LogP contribution in [0.2, 0.25) is 0 Å². The van der Waals surface area contributed by atoms with Gasteiger partial charge in [-0.25, -0.2) is 4.79 Å². The number of pyridine rings is 1. The predicted octanol–water partition coefficient (Wildman–Crippen LogP) is 2.07. The molecule has 0 atom stereocenters. The van der Waals surface area contributed by atoms with Crippen LogP contribution >= 0.6 is 0 Å². The molecule has 0 spiro atoms. The van der Waals surface area contributed by atoms with Gasteiger partial charge >= 0.3 is 6.03 Å². The molecular formula is C14H21N3O. The first-order valence-electron chi connectivity index (χ1n) is 6.68. The molecule has 1 aromatic rings. The third-order valence-corrected chi connectivity index (χ3v) is 3.45. The van der Waals surface area contributed by atoms with E-state index >= 15 is 0 Å². The van der Waals surface area contributed by atoms with Crippen LogP contribution in [0.4, 0.5) is 4.79 Å². The first kappa shape index (κ1) is 12.9. The van der Waals surface area contributed by atoms with Gasteiger partial charge in [0, 0.05) is 37.9 Å². The fourth-order valence-corrected chi connectivity index (χ4v) is 2.17. The topological polar surface area (TPSA) is 45.2 Å². The molecule has 0 bridgehead atoms. The van der Waals surface area contributed by atoms with Gasteiger partial charge in [0.05, 0.1) is 0 Å². The third-order valence-electron chi connectivity index (χ3n) is 3.45. The Morgan fingerprint density at radius 3 is 2.89 bits per heavy atom. The first-order chi connectivity index (χ1) is 8.75. The third kappa shape index (κ3) is 3.72. The number of piperidine rings is 1. The summed E-state index contributed by atoms with van der Waals surface area (Å²) in [5, 5.41) is 2.96. The number of carbonyl (C=O) groups excluding carboxylic acids is 1. The zero-order valence-corrected chi connectivity index (χ0v) is 10.9. The molecule has 2 heterocycles. The molecule has 2 amide bonds. The molecule has 1 N–H and O–H groups in total. The average Bonchev–Trinajstić information content (AvgIpc) is 2.40. The van der Waals surface area contributed by atoms with E-state index in [2.05, 4.69) is 17.2 Å². The predicted molar refractivity (Wildman–Crippen MR) is 71.3 cm³/mol. The number of carbonyl (C=O) groups is 1. The van der Waals surface area contributed by atoms with Crippen molar-refractivity contribution in [1.82, 2.24) is 15.2 Å². The number of nitrogens with zero attached hydrogens (tertiary/aromatic N) is 2. The van der Waals surface area contributed by atoms with Crippen molar-refractivity contribution in [3.05, 3.63) is 30.1 Å². The number of nitrogens with one attached hydrogen (secondary N) is 1. The highest BCUT2D eigenvalue weighted by atomic mass is 16.2. The van der Waals surface area contributed by atoms with E-state index in [0.717, 1.165) is 44.0 Å². The number of rotatable bonds is 3. The number of aromatic nitrogens is 1. The average molecular weight is 247 g/mol. The Balaban J connectivity index is 1.69. The maximum Gasteiger partial charge on any atom is 0.317 e. The van der Waals surface area contributed by atoms with Gasteiger partial charge in [-0.3, -0.25) is 4.98 Å². The Morgan fingerprint density at radius 1 is 1.44 bits per heavy atom. The second kappa shape index (κ2) is 6.38. The molecule has 0 aliphatic carbocycles. The van der Waals surface area contributed by atoms with E-state index in [1.807, 2.05) is 23.1 Å². The molecule has 0 radical (unpaired) electrons. The normalized spacial score (nSPS) is 16.6. The van der Waals surface area contributed by atoms with Crippen LogP contribution in [-0.4, -0.2) is 35.5 Å². The van der Waals surface area contributed by atoms with E-state index in [0.29, 0.717) is 6.54 Å². The zero-order chi connectivity index (χ0) is 12.8. The summed E-state index contributed by atoms with van der Waals surface area (Å²) in [5.74, 6) is 0.752. The van der Waals surface area contributed by atoms with Gasteiger partial charge in [0.15, 0.2) is 0 Å². The van der Waals surface area contributed by atoms with Crippen molar-refractivity contribution < 1.29 is 4.79 Å². The van der Waals surface area contributed by atoms with Crippen LogP contribution in [-0.2, 0) is 6.42 Å². The van der Waals surface area contributed by atoms with Crippen LogP contribution in [0, 0.1) is 5.92 Å². The van der Waals surface area contributed by atoms with Gasteiger partial charge in [-0.15, -0.1) is 0 Å². The highest BCUT2D eigenvalue weighted by molar-refractivity contribution is 5.74. The van der Waals surface area contributed by atoms with Crippen molar-refractivity contribution >= 4 is 6.03 Å². The highest BCUT2D eigenvalue weighted by Crippen LogP contribution is 2.15. The second-order valence-electron chi connectivity index (χ2n) is 4.97. The lowest BCUT2D eigenvalue weighted by Crippen LogP contribution is -2.44. The van der Waals surface area contributed by atoms with E-state index in [1.54, 1.807) is 6.20 Å². The van der Waals surface area contributed by atoms with Crippen LogP contribution in [0.15, 0.2) is 24.4 Å². The molecule has 1 aliphatic rings. The van der Waals surface area contributed by atoms with Crippen molar-refractivity contribution in [3.8, 4) is 0 Å². The minimum atomic E-state index is 0.0674. The molecule has 0 unspecified atom stereocenters. The van der Waals surface area contributed by atoms with Gasteiger partial charge in [-0.1, -0.05) is 13.0 Å². The van der Waals surface area contributed by atoms with Gasteiger partial charge < -0.3 is 10.2 Å². The largest absolute Gasteiger partial charge is 0.338 e. The Bertz CT molecular complexity index is 372. The minimum absolute atomic E-state index is 0.0674. The molecule has 1 saturated heterocycles. The molecule has 18 heavy (non-hydrogen) atoms. The van der Waals surface area contributed by atoms with E-state index in [4.69, 9.17) is 0 Å². The van der Waals surface area contributed by atoms with Crippen LogP contribution < -0.4 is 5.32 Å². The number of hydrogen-bond donors (Lipinski definition) is 1. The van der Waals surface area contributed by atoms with E-state index in [1.165, 1.54) is 0 Å². The molecule has 4 heteroatoms. The minimum Gasteiger partial charge on any atom is -0.338 e. The lowest BCUT2D eigenvalue weighted by atomic mass is 10.00. The first-order valence-corrected chi connectivity index (χ1v) is 6.68. The molecule has 98 valence electrons. The summed E-state index contributed by atoms with van der Waals surface area (Å²) < 4.78 is 0. The Hall–Kier alpha value is -1.58. The van der Waals surface area contributed by atoms with Gasteiger partial charge in [-0.05, 0) is 30.9 Å². The number of amides is 2.